The van der Waals surface area contributed by atoms with Crippen LogP contribution in [0, 0.1) is 0 Å². The molecule has 0 aromatic rings. The van der Waals surface area contributed by atoms with E-state index in [0.717, 1.165) is 11.8 Å². The maximum absolute atomic E-state index is 5.66. The fourth-order valence-corrected chi connectivity index (χ4v) is 2.37. The van der Waals surface area contributed by atoms with E-state index in [1.165, 1.54) is 71.0 Å². The van der Waals surface area contributed by atoms with Gasteiger partial charge in [-0.15, -0.1) is 23.2 Å². The van der Waals surface area contributed by atoms with Gasteiger partial charge in [-0.2, -0.15) is 0 Å². The first-order valence-electron chi connectivity index (χ1n) is 7.19. The van der Waals surface area contributed by atoms with Gasteiger partial charge in [0.05, 0.1) is 0 Å². The van der Waals surface area contributed by atoms with E-state index in [4.69, 9.17) is 23.2 Å². The molecule has 0 rings (SSSR count). The third kappa shape index (κ3) is 12.8. The van der Waals surface area contributed by atoms with E-state index in [2.05, 4.69) is 11.8 Å². The predicted octanol–water partition coefficient (Wildman–Crippen LogP) is 4.91. The minimum atomic E-state index is 0.818. The maximum atomic E-state index is 5.66. The molecule has 1 nitrogen and oxygen atoms in total. The zero-order chi connectivity index (χ0) is 12.8. The number of nitrogens with zero attached hydrogens (tertiary/aromatic N) is 1. The van der Waals surface area contributed by atoms with Crippen LogP contribution in [-0.2, 0) is 0 Å². The van der Waals surface area contributed by atoms with Crippen molar-refractivity contribution in [2.24, 2.45) is 0 Å². The molecule has 0 aliphatic carbocycles. The van der Waals surface area contributed by atoms with Crippen LogP contribution in [0.5, 0.6) is 0 Å². The van der Waals surface area contributed by atoms with E-state index in [-0.39, 0.29) is 0 Å². The van der Waals surface area contributed by atoms with Crippen LogP contribution in [0.3, 0.4) is 0 Å². The van der Waals surface area contributed by atoms with Crippen LogP contribution in [-0.4, -0.2) is 36.3 Å². The molecule has 104 valence electrons. The molecule has 0 radical (unpaired) electrons. The lowest BCUT2D eigenvalue weighted by Crippen LogP contribution is -2.25. The van der Waals surface area contributed by atoms with Gasteiger partial charge in [0.25, 0.3) is 0 Å². The molecule has 0 saturated heterocycles. The van der Waals surface area contributed by atoms with Crippen LogP contribution >= 0.6 is 23.2 Å². The molecule has 3 heteroatoms. The summed E-state index contributed by atoms with van der Waals surface area (Å²) in [5.74, 6) is 1.64. The van der Waals surface area contributed by atoms with Crippen molar-refractivity contribution in [3.8, 4) is 0 Å². The van der Waals surface area contributed by atoms with Gasteiger partial charge in [0.1, 0.15) is 0 Å². The summed E-state index contributed by atoms with van der Waals surface area (Å²) in [5, 5.41) is 0. The predicted molar refractivity (Wildman–Crippen MR) is 80.5 cm³/mol. The lowest BCUT2D eigenvalue weighted by atomic mass is 10.1. The van der Waals surface area contributed by atoms with E-state index < -0.39 is 0 Å². The highest BCUT2D eigenvalue weighted by molar-refractivity contribution is 6.18. The monoisotopic (exact) mass is 281 g/mol. The van der Waals surface area contributed by atoms with E-state index in [9.17, 15) is 0 Å². The molecule has 0 fully saturated rings. The molecule has 0 amide bonds. The molecule has 0 saturated carbocycles. The number of hydrogen-bond acceptors (Lipinski definition) is 1. The van der Waals surface area contributed by atoms with E-state index in [1.54, 1.807) is 0 Å². The number of alkyl halides is 2. The van der Waals surface area contributed by atoms with Crippen molar-refractivity contribution >= 4 is 23.2 Å². The summed E-state index contributed by atoms with van der Waals surface area (Å²) in [4.78, 5) is 2.57. The number of hydrogen-bond donors (Lipinski definition) is 0. The lowest BCUT2D eigenvalue weighted by molar-refractivity contribution is 0.274. The van der Waals surface area contributed by atoms with E-state index in [0.29, 0.717) is 0 Å². The van der Waals surface area contributed by atoms with Crippen LogP contribution < -0.4 is 0 Å². The summed E-state index contributed by atoms with van der Waals surface area (Å²) in [5.41, 5.74) is 0. The largest absolute Gasteiger partial charge is 0.304 e. The van der Waals surface area contributed by atoms with Crippen molar-refractivity contribution in [1.82, 2.24) is 4.90 Å². The molecule has 17 heavy (non-hydrogen) atoms. The van der Waals surface area contributed by atoms with Gasteiger partial charge in [-0.05, 0) is 45.3 Å². The second kappa shape index (κ2) is 14.6. The molecule has 0 bridgehead atoms. The number of halogens is 2. The Morgan fingerprint density at radius 3 is 1.41 bits per heavy atom. The van der Waals surface area contributed by atoms with Crippen LogP contribution in [0.2, 0.25) is 0 Å². The fraction of sp³-hybridized carbons (Fsp3) is 1.00. The molecular weight excluding hydrogens is 253 g/mol. The molecule has 0 aromatic heterocycles. The molecule has 0 aliphatic rings. The minimum absolute atomic E-state index is 0.818. The normalized spacial score (nSPS) is 11.3. The smallest absolute Gasteiger partial charge is 0.0223 e. The molecule has 0 aromatic carbocycles. The summed E-state index contributed by atoms with van der Waals surface area (Å²) in [6, 6.07) is 0. The van der Waals surface area contributed by atoms with Crippen LogP contribution in [0.15, 0.2) is 0 Å². The lowest BCUT2D eigenvalue weighted by Gasteiger charge is -2.20. The molecule has 0 heterocycles. The molecule has 0 unspecified atom stereocenters. The Labute approximate surface area is 118 Å². The van der Waals surface area contributed by atoms with Gasteiger partial charge in [-0.3, -0.25) is 0 Å². The van der Waals surface area contributed by atoms with Crippen molar-refractivity contribution < 1.29 is 0 Å². The standard InChI is InChI=1S/C14H29Cl2N/c1-2-17(13-9-5-3-7-11-15)14-10-6-4-8-12-16/h2-14H2,1H3. The summed E-state index contributed by atoms with van der Waals surface area (Å²) >= 11 is 11.3. The Morgan fingerprint density at radius 2 is 1.06 bits per heavy atom. The second-order valence-electron chi connectivity index (χ2n) is 4.64. The Hall–Kier alpha value is 0.540. The van der Waals surface area contributed by atoms with Gasteiger partial charge in [0.15, 0.2) is 0 Å². The SMILES string of the molecule is CCN(CCCCCCCl)CCCCCCCl. The summed E-state index contributed by atoms with van der Waals surface area (Å²) < 4.78 is 0. The Balaban J connectivity index is 3.30. The highest BCUT2D eigenvalue weighted by Crippen LogP contribution is 2.06. The van der Waals surface area contributed by atoms with Crippen molar-refractivity contribution in [2.75, 3.05) is 31.4 Å². The zero-order valence-electron chi connectivity index (χ0n) is 11.4. The average Bonchev–Trinajstić information content (AvgIpc) is 2.36. The van der Waals surface area contributed by atoms with Crippen LogP contribution in [0.1, 0.15) is 58.3 Å². The maximum Gasteiger partial charge on any atom is 0.0223 e. The fourth-order valence-electron chi connectivity index (χ4n) is 1.99. The summed E-state index contributed by atoms with van der Waals surface area (Å²) in [6.07, 6.45) is 10.2. The minimum Gasteiger partial charge on any atom is -0.304 e. The topological polar surface area (TPSA) is 3.24 Å². The van der Waals surface area contributed by atoms with Gasteiger partial charge >= 0.3 is 0 Å². The highest BCUT2D eigenvalue weighted by atomic mass is 35.5. The van der Waals surface area contributed by atoms with Gasteiger partial charge in [0, 0.05) is 11.8 Å². The zero-order valence-corrected chi connectivity index (χ0v) is 12.9. The molecule has 0 aliphatic heterocycles. The van der Waals surface area contributed by atoms with Crippen molar-refractivity contribution in [3.05, 3.63) is 0 Å². The molecular formula is C14H29Cl2N. The summed E-state index contributed by atoms with van der Waals surface area (Å²) in [7, 11) is 0. The number of rotatable bonds is 13. The van der Waals surface area contributed by atoms with Crippen molar-refractivity contribution in [1.29, 1.82) is 0 Å². The highest BCUT2D eigenvalue weighted by Gasteiger charge is 2.01. The van der Waals surface area contributed by atoms with Gasteiger partial charge < -0.3 is 4.90 Å². The third-order valence-electron chi connectivity index (χ3n) is 3.16. The van der Waals surface area contributed by atoms with Gasteiger partial charge in [-0.1, -0.05) is 32.6 Å². The first kappa shape index (κ1) is 17.5. The molecule has 0 N–H and O–H groups in total. The second-order valence-corrected chi connectivity index (χ2v) is 5.40. The Kier molecular flexibility index (Phi) is 15.1. The average molecular weight is 282 g/mol. The van der Waals surface area contributed by atoms with Gasteiger partial charge in [-0.25, -0.2) is 0 Å². The third-order valence-corrected chi connectivity index (χ3v) is 3.70. The molecule has 0 atom stereocenters. The van der Waals surface area contributed by atoms with Crippen molar-refractivity contribution in [3.63, 3.8) is 0 Å². The first-order chi connectivity index (χ1) is 8.35. The van der Waals surface area contributed by atoms with E-state index in [1.807, 2.05) is 0 Å². The first-order valence-corrected chi connectivity index (χ1v) is 8.26. The Morgan fingerprint density at radius 1 is 0.647 bits per heavy atom. The van der Waals surface area contributed by atoms with Crippen LogP contribution in [0.25, 0.3) is 0 Å². The van der Waals surface area contributed by atoms with E-state index >= 15 is 0 Å². The van der Waals surface area contributed by atoms with Crippen LogP contribution in [0.4, 0.5) is 0 Å². The molecule has 0 spiro atoms. The summed E-state index contributed by atoms with van der Waals surface area (Å²) in [6.45, 7) is 5.96. The quantitative estimate of drug-likeness (QED) is 0.343. The Bertz CT molecular complexity index is 128. The van der Waals surface area contributed by atoms with Crippen molar-refractivity contribution in [2.45, 2.75) is 58.3 Å². The number of unbranched alkanes of at least 4 members (excludes halogenated alkanes) is 6. The van der Waals surface area contributed by atoms with Gasteiger partial charge in [0.2, 0.25) is 0 Å².